The summed E-state index contributed by atoms with van der Waals surface area (Å²) in [5.74, 6) is -0.553. The molecule has 1 heterocycles. The largest absolute Gasteiger partial charge is 0.469 e. The second-order valence-electron chi connectivity index (χ2n) is 10.9. The van der Waals surface area contributed by atoms with E-state index in [1.165, 1.54) is 41.9 Å². The van der Waals surface area contributed by atoms with E-state index in [2.05, 4.69) is 72.2 Å². The molecule has 0 radical (unpaired) electrons. The first-order valence-corrected chi connectivity index (χ1v) is 13.8. The van der Waals surface area contributed by atoms with Crippen molar-refractivity contribution in [2.45, 2.75) is 69.1 Å². The smallest absolute Gasteiger partial charge is 0.312 e. The summed E-state index contributed by atoms with van der Waals surface area (Å²) in [4.78, 5) is 24.7. The quantitative estimate of drug-likeness (QED) is 0.202. The van der Waals surface area contributed by atoms with Crippen molar-refractivity contribution in [2.75, 3.05) is 13.7 Å². The van der Waals surface area contributed by atoms with Gasteiger partial charge in [0, 0.05) is 36.2 Å². The van der Waals surface area contributed by atoms with Crippen LogP contribution in [0.4, 0.5) is 0 Å². The predicted molar refractivity (Wildman–Crippen MR) is 149 cm³/mol. The zero-order valence-corrected chi connectivity index (χ0v) is 22.2. The Bertz CT molecular complexity index is 1270. The second kappa shape index (κ2) is 11.8. The Balaban J connectivity index is 1.17. The number of carbonyl (C=O) groups is 2. The van der Waals surface area contributed by atoms with Crippen molar-refractivity contribution in [3.63, 3.8) is 0 Å². The maximum atomic E-state index is 12.9. The zero-order valence-electron chi connectivity index (χ0n) is 22.2. The molecule has 3 aromatic carbocycles. The molecule has 6 heteroatoms. The number of Topliss-reactive ketones (excluding diaryl/α,β-unsaturated/α-hetero) is 1. The molecule has 2 aliphatic rings. The van der Waals surface area contributed by atoms with Gasteiger partial charge >= 0.3 is 5.97 Å². The first kappa shape index (κ1) is 26.5. The van der Waals surface area contributed by atoms with Crippen LogP contribution in [0.25, 0.3) is 10.8 Å². The highest BCUT2D eigenvalue weighted by molar-refractivity contribution is 5.97. The molecule has 5 rings (SSSR count). The monoisotopic (exact) mass is 514 g/mol. The lowest BCUT2D eigenvalue weighted by Gasteiger charge is -2.32. The van der Waals surface area contributed by atoms with Gasteiger partial charge in [0.2, 0.25) is 0 Å². The Hall–Kier alpha value is -3.06. The fraction of sp³-hybridized carbons (Fsp3) is 0.438. The first-order valence-electron chi connectivity index (χ1n) is 13.8. The number of aliphatic hydroxyl groups excluding tert-OH is 1. The number of nitrogens with one attached hydrogen (secondary N) is 2. The van der Waals surface area contributed by atoms with Crippen molar-refractivity contribution in [3.8, 4) is 0 Å². The van der Waals surface area contributed by atoms with Gasteiger partial charge in [0.05, 0.1) is 19.6 Å². The SMILES string of the molecule is COC(=O)C(CO)C1NC1CC(=O)c1ccc([C@H]2CCC[C@H](NC(C)c3cccc4ccccc34)C2)cc1. The Labute approximate surface area is 224 Å². The van der Waals surface area contributed by atoms with Crippen LogP contribution < -0.4 is 10.6 Å². The van der Waals surface area contributed by atoms with E-state index in [4.69, 9.17) is 4.74 Å². The van der Waals surface area contributed by atoms with Gasteiger partial charge in [0.1, 0.15) is 0 Å². The zero-order chi connectivity index (χ0) is 26.6. The molecule has 1 aliphatic carbocycles. The fourth-order valence-electron chi connectivity index (χ4n) is 6.23. The summed E-state index contributed by atoms with van der Waals surface area (Å²) in [6.45, 7) is 1.97. The minimum absolute atomic E-state index is 0.0465. The number of benzene rings is 3. The van der Waals surface area contributed by atoms with Crippen molar-refractivity contribution in [1.29, 1.82) is 0 Å². The molecular weight excluding hydrogens is 476 g/mol. The molecule has 3 aromatic rings. The molecule has 38 heavy (non-hydrogen) atoms. The third-order valence-corrected chi connectivity index (χ3v) is 8.42. The van der Waals surface area contributed by atoms with Gasteiger partial charge in [-0.25, -0.2) is 0 Å². The second-order valence-corrected chi connectivity index (χ2v) is 10.9. The molecule has 1 saturated heterocycles. The molecule has 200 valence electrons. The van der Waals surface area contributed by atoms with Gasteiger partial charge in [0.15, 0.2) is 5.78 Å². The highest BCUT2D eigenvalue weighted by Gasteiger charge is 2.46. The van der Waals surface area contributed by atoms with Crippen LogP contribution in [0.15, 0.2) is 66.7 Å². The van der Waals surface area contributed by atoms with Gasteiger partial charge in [-0.1, -0.05) is 73.2 Å². The molecule has 0 amide bonds. The van der Waals surface area contributed by atoms with Gasteiger partial charge in [-0.05, 0) is 54.0 Å². The number of fused-ring (bicyclic) bond motifs is 1. The maximum Gasteiger partial charge on any atom is 0.312 e. The fourth-order valence-corrected chi connectivity index (χ4v) is 6.23. The Morgan fingerprint density at radius 3 is 2.58 bits per heavy atom. The van der Waals surface area contributed by atoms with Crippen LogP contribution in [0.1, 0.15) is 72.5 Å². The molecule has 2 fully saturated rings. The first-order chi connectivity index (χ1) is 18.5. The lowest BCUT2D eigenvalue weighted by molar-refractivity contribution is -0.146. The third kappa shape index (κ3) is 5.83. The average Bonchev–Trinajstić information content (AvgIpc) is 3.71. The van der Waals surface area contributed by atoms with E-state index >= 15 is 0 Å². The number of aliphatic hydroxyl groups is 1. The van der Waals surface area contributed by atoms with Crippen molar-refractivity contribution in [3.05, 3.63) is 83.4 Å². The molecule has 6 atom stereocenters. The molecule has 1 saturated carbocycles. The van der Waals surface area contributed by atoms with E-state index in [1.54, 1.807) is 0 Å². The number of rotatable bonds is 10. The number of ether oxygens (including phenoxy) is 1. The van der Waals surface area contributed by atoms with Gasteiger partial charge in [-0.15, -0.1) is 0 Å². The molecular formula is C32H38N2O4. The minimum Gasteiger partial charge on any atom is -0.469 e. The Morgan fingerprint density at radius 2 is 1.82 bits per heavy atom. The van der Waals surface area contributed by atoms with Crippen LogP contribution in [0, 0.1) is 5.92 Å². The lowest BCUT2D eigenvalue weighted by Crippen LogP contribution is -2.35. The summed E-state index contributed by atoms with van der Waals surface area (Å²) in [6, 6.07) is 23.6. The lowest BCUT2D eigenvalue weighted by atomic mass is 9.80. The Kier molecular flexibility index (Phi) is 8.22. The van der Waals surface area contributed by atoms with Gasteiger partial charge < -0.3 is 20.5 Å². The van der Waals surface area contributed by atoms with Crippen LogP contribution in [0.3, 0.4) is 0 Å². The predicted octanol–water partition coefficient (Wildman–Crippen LogP) is 4.91. The summed E-state index contributed by atoms with van der Waals surface area (Å²) in [5, 5.41) is 19.1. The summed E-state index contributed by atoms with van der Waals surface area (Å²) < 4.78 is 4.75. The van der Waals surface area contributed by atoms with Crippen LogP contribution in [0.2, 0.25) is 0 Å². The van der Waals surface area contributed by atoms with Gasteiger partial charge in [0.25, 0.3) is 0 Å². The number of hydrogen-bond donors (Lipinski definition) is 3. The number of carbonyl (C=O) groups excluding carboxylic acids is 2. The van der Waals surface area contributed by atoms with Gasteiger partial charge in [-0.2, -0.15) is 0 Å². The highest BCUT2D eigenvalue weighted by Crippen LogP contribution is 2.35. The van der Waals surface area contributed by atoms with E-state index in [9.17, 15) is 14.7 Å². The summed E-state index contributed by atoms with van der Waals surface area (Å²) in [7, 11) is 1.31. The van der Waals surface area contributed by atoms with Gasteiger partial charge in [-0.3, -0.25) is 9.59 Å². The Morgan fingerprint density at radius 1 is 1.05 bits per heavy atom. The standard InChI is InChI=1S/C32H38N2O4/c1-20(26-12-6-8-22-7-3-4-11-27(22)26)33-25-10-5-9-24(17-25)21-13-15-23(16-14-21)30(36)18-29-31(34-29)28(19-35)32(37)38-2/h3-4,6-8,11-16,20,24-25,28-29,31,33-35H,5,9-10,17-19H2,1-2H3/t20?,24-,25-,28?,29?,31?/m0/s1. The normalized spacial score (nSPS) is 24.5. The maximum absolute atomic E-state index is 12.9. The van der Waals surface area contributed by atoms with Crippen molar-refractivity contribution in [2.24, 2.45) is 5.92 Å². The summed E-state index contributed by atoms with van der Waals surface area (Å²) >= 11 is 0. The van der Waals surface area contributed by atoms with Crippen molar-refractivity contribution < 1.29 is 19.4 Å². The molecule has 1 aliphatic heterocycles. The third-order valence-electron chi connectivity index (χ3n) is 8.42. The van der Waals surface area contributed by atoms with E-state index in [1.807, 2.05) is 12.1 Å². The summed E-state index contributed by atoms with van der Waals surface area (Å²) in [5.41, 5.74) is 3.33. The molecule has 0 spiro atoms. The number of esters is 1. The van der Waals surface area contributed by atoms with E-state index in [0.717, 1.165) is 12.8 Å². The molecule has 0 bridgehead atoms. The molecule has 6 nitrogen and oxygen atoms in total. The van der Waals surface area contributed by atoms with Crippen LogP contribution in [-0.2, 0) is 9.53 Å². The van der Waals surface area contributed by atoms with Crippen molar-refractivity contribution >= 4 is 22.5 Å². The summed E-state index contributed by atoms with van der Waals surface area (Å²) in [6.07, 6.45) is 4.92. The highest BCUT2D eigenvalue weighted by atomic mass is 16.5. The van der Waals surface area contributed by atoms with E-state index in [0.29, 0.717) is 23.9 Å². The van der Waals surface area contributed by atoms with E-state index < -0.39 is 11.9 Å². The molecule has 3 N–H and O–H groups in total. The molecule has 4 unspecified atom stereocenters. The topological polar surface area (TPSA) is 97.6 Å². The van der Waals surface area contributed by atoms with Crippen molar-refractivity contribution in [1.82, 2.24) is 10.6 Å². The number of ketones is 1. The molecule has 0 aromatic heterocycles. The average molecular weight is 515 g/mol. The number of hydrogen-bond acceptors (Lipinski definition) is 6. The number of methoxy groups -OCH3 is 1. The van der Waals surface area contributed by atoms with Crippen LogP contribution in [-0.4, -0.2) is 48.7 Å². The van der Waals surface area contributed by atoms with Crippen LogP contribution in [0.5, 0.6) is 0 Å². The van der Waals surface area contributed by atoms with E-state index in [-0.39, 0.29) is 30.5 Å². The minimum atomic E-state index is -0.628. The van der Waals surface area contributed by atoms with Crippen LogP contribution >= 0.6 is 0 Å².